The molecule has 5 aromatic rings. The van der Waals surface area contributed by atoms with Crippen LogP contribution in [-0.4, -0.2) is 125 Å². The summed E-state index contributed by atoms with van der Waals surface area (Å²) in [7, 11) is -1.11. The van der Waals surface area contributed by atoms with Gasteiger partial charge in [0.25, 0.3) is 15.9 Å². The standard InChI is InChI=1S/C51H63FN10O8S/c1-32(2)38-8-6-7-9-39(38)44-31-60(49(64)58(4)5)20-21-61(44)35-25-51(26-35)16-18-59(19-17-51)34-10-11-40(45(22-34)70-36-23-41-42(52)30-56-46(41)54-28-36)48(63)57-71(68,69)37-24-43(62(66)67)47(55-29-37)53-27-33-12-14-50(3,65)15-13-33/h6-11,22-24,28-30,32-33,35,44,65H,12-21,25-27,31H2,1-5H3,(H,53,55)(H,54,56)(H,57,63)/t33?,44-,50?/m0/s1. The monoisotopic (exact) mass is 994 g/mol. The third-order valence-corrected chi connectivity index (χ3v) is 16.6. The number of pyridine rings is 2. The van der Waals surface area contributed by atoms with Crippen molar-refractivity contribution in [3.8, 4) is 11.5 Å². The Morgan fingerprint density at radius 2 is 1.75 bits per heavy atom. The highest BCUT2D eigenvalue weighted by atomic mass is 32.2. The number of piperazine rings is 1. The summed E-state index contributed by atoms with van der Waals surface area (Å²) in [5.74, 6) is -1.17. The Balaban J connectivity index is 0.909. The number of fused-ring (bicyclic) bond motifs is 1. The fraction of sp³-hybridized carbons (Fsp3) is 0.490. The van der Waals surface area contributed by atoms with Gasteiger partial charge in [0.2, 0.25) is 5.82 Å². The molecule has 1 atom stereocenters. The second-order valence-electron chi connectivity index (χ2n) is 20.7. The van der Waals surface area contributed by atoms with Crippen molar-refractivity contribution in [2.24, 2.45) is 11.3 Å². The van der Waals surface area contributed by atoms with E-state index in [1.807, 2.05) is 9.62 Å². The molecule has 378 valence electrons. The first kappa shape index (κ1) is 49.6. The fourth-order valence-electron chi connectivity index (χ4n) is 11.1. The van der Waals surface area contributed by atoms with E-state index in [4.69, 9.17) is 4.74 Å². The summed E-state index contributed by atoms with van der Waals surface area (Å²) in [5, 5.41) is 25.6. The van der Waals surface area contributed by atoms with Crippen LogP contribution < -0.4 is 19.7 Å². The maximum absolute atomic E-state index is 14.7. The van der Waals surface area contributed by atoms with Crippen LogP contribution >= 0.6 is 0 Å². The van der Waals surface area contributed by atoms with Crippen LogP contribution in [0.1, 0.15) is 106 Å². The van der Waals surface area contributed by atoms with Gasteiger partial charge in [-0.05, 0) is 105 Å². The number of nitro groups is 1. The van der Waals surface area contributed by atoms with Crippen LogP contribution in [-0.2, 0) is 10.0 Å². The van der Waals surface area contributed by atoms with E-state index < -0.39 is 42.9 Å². The average Bonchev–Trinajstić information content (AvgIpc) is 3.71. The summed E-state index contributed by atoms with van der Waals surface area (Å²) in [5.41, 5.74) is 2.27. The normalized spacial score (nSPS) is 21.8. The number of rotatable bonds is 13. The summed E-state index contributed by atoms with van der Waals surface area (Å²) in [6.07, 6.45) is 10.0. The molecular formula is C51H63FN10O8S. The van der Waals surface area contributed by atoms with Gasteiger partial charge in [-0.15, -0.1) is 0 Å². The van der Waals surface area contributed by atoms with E-state index in [2.05, 4.69) is 68.2 Å². The predicted octanol–water partition coefficient (Wildman–Crippen LogP) is 8.18. The lowest BCUT2D eigenvalue weighted by atomic mass is 9.59. The van der Waals surface area contributed by atoms with Gasteiger partial charge < -0.3 is 34.8 Å². The van der Waals surface area contributed by atoms with Crippen molar-refractivity contribution in [1.82, 2.24) is 34.4 Å². The van der Waals surface area contributed by atoms with Gasteiger partial charge in [0.1, 0.15) is 27.9 Å². The van der Waals surface area contributed by atoms with Crippen LogP contribution in [0.25, 0.3) is 11.0 Å². The maximum atomic E-state index is 14.7. The number of aromatic nitrogens is 3. The molecule has 5 heterocycles. The SMILES string of the molecule is CC(C)c1ccccc1[C@@H]1CN(C(=O)N(C)C)CCN1C1CC2(CCN(c3ccc(C(=O)NS(=O)(=O)c4cnc(NCC5CCC(C)(O)CC5)c([N+](=O)[O-])c4)c(Oc4cnc5[nH]cc(F)c5c4)c3)CC2)C1. The molecule has 2 saturated heterocycles. The lowest BCUT2D eigenvalue weighted by Gasteiger charge is -2.58. The van der Waals surface area contributed by atoms with Crippen LogP contribution in [0.4, 0.5) is 26.4 Å². The molecule has 4 fully saturated rings. The van der Waals surface area contributed by atoms with Crippen molar-refractivity contribution in [2.45, 2.75) is 101 Å². The van der Waals surface area contributed by atoms with Crippen LogP contribution in [0.15, 0.2) is 78.1 Å². The second kappa shape index (κ2) is 19.7. The van der Waals surface area contributed by atoms with E-state index in [1.54, 1.807) is 38.1 Å². The van der Waals surface area contributed by atoms with Crippen LogP contribution in [0.5, 0.6) is 11.5 Å². The largest absolute Gasteiger partial charge is 0.455 e. The van der Waals surface area contributed by atoms with Gasteiger partial charge in [-0.25, -0.2) is 32.3 Å². The number of benzene rings is 2. The molecule has 9 rings (SSSR count). The number of hydrogen-bond acceptors (Lipinski definition) is 13. The third kappa shape index (κ3) is 10.5. The first-order valence-corrected chi connectivity index (χ1v) is 26.0. The minimum Gasteiger partial charge on any atom is -0.455 e. The summed E-state index contributed by atoms with van der Waals surface area (Å²) in [6, 6.07) is 16.2. The molecular weight excluding hydrogens is 932 g/mol. The number of ether oxygens (including phenoxy) is 1. The summed E-state index contributed by atoms with van der Waals surface area (Å²) >= 11 is 0. The number of halogens is 1. The molecule has 3 amide bonds. The number of H-pyrrole nitrogens is 1. The van der Waals surface area contributed by atoms with Gasteiger partial charge in [-0.1, -0.05) is 38.1 Å². The third-order valence-electron chi connectivity index (χ3n) is 15.3. The smallest absolute Gasteiger partial charge is 0.319 e. The van der Waals surface area contributed by atoms with Crippen molar-refractivity contribution in [1.29, 1.82) is 0 Å². The molecule has 4 N–H and O–H groups in total. The summed E-state index contributed by atoms with van der Waals surface area (Å²) in [6.45, 7) is 10.1. The fourth-order valence-corrected chi connectivity index (χ4v) is 12.0. The number of nitrogens with one attached hydrogen (secondary N) is 3. The van der Waals surface area contributed by atoms with E-state index in [9.17, 15) is 37.6 Å². The Morgan fingerprint density at radius 1 is 1.01 bits per heavy atom. The highest BCUT2D eigenvalue weighted by molar-refractivity contribution is 7.90. The Kier molecular flexibility index (Phi) is 13.7. The van der Waals surface area contributed by atoms with Crippen molar-refractivity contribution in [3.05, 3.63) is 106 Å². The number of anilines is 2. The zero-order valence-electron chi connectivity index (χ0n) is 40.9. The molecule has 0 bridgehead atoms. The average molecular weight is 995 g/mol. The number of sulfonamides is 1. The number of amides is 3. The highest BCUT2D eigenvalue weighted by Crippen LogP contribution is 2.53. The summed E-state index contributed by atoms with van der Waals surface area (Å²) in [4.78, 5) is 57.6. The second-order valence-corrected chi connectivity index (χ2v) is 22.4. The minimum absolute atomic E-state index is 0.0104. The molecule has 2 saturated carbocycles. The lowest BCUT2D eigenvalue weighted by Crippen LogP contribution is -2.61. The quantitative estimate of drug-likeness (QED) is 0.0647. The first-order chi connectivity index (χ1) is 33.8. The number of carbonyl (C=O) groups excluding carboxylic acids is 2. The van der Waals surface area contributed by atoms with Crippen molar-refractivity contribution < 1.29 is 37.2 Å². The summed E-state index contributed by atoms with van der Waals surface area (Å²) < 4.78 is 50.5. The van der Waals surface area contributed by atoms with Crippen molar-refractivity contribution in [3.63, 3.8) is 0 Å². The van der Waals surface area contributed by atoms with E-state index in [0.29, 0.717) is 57.3 Å². The van der Waals surface area contributed by atoms with E-state index in [1.165, 1.54) is 35.7 Å². The lowest BCUT2D eigenvalue weighted by molar-refractivity contribution is -0.384. The Bertz CT molecular complexity index is 2920. The highest BCUT2D eigenvalue weighted by Gasteiger charge is 2.50. The van der Waals surface area contributed by atoms with Gasteiger partial charge >= 0.3 is 11.7 Å². The molecule has 2 aliphatic heterocycles. The van der Waals surface area contributed by atoms with Crippen molar-refractivity contribution in [2.75, 3.05) is 63.6 Å². The van der Waals surface area contributed by atoms with E-state index in [0.717, 1.165) is 63.3 Å². The molecule has 71 heavy (non-hydrogen) atoms. The Labute approximate surface area is 413 Å². The zero-order valence-corrected chi connectivity index (χ0v) is 41.7. The zero-order chi connectivity index (χ0) is 50.4. The number of aromatic amines is 1. The molecule has 1 spiro atoms. The van der Waals surface area contributed by atoms with Crippen molar-refractivity contribution >= 4 is 50.2 Å². The Hall–Kier alpha value is -6.38. The molecule has 0 radical (unpaired) electrons. The molecule has 20 heteroatoms. The van der Waals surface area contributed by atoms with Crippen LogP contribution in [0, 0.1) is 27.3 Å². The van der Waals surface area contributed by atoms with E-state index >= 15 is 0 Å². The molecule has 0 unspecified atom stereocenters. The molecule has 3 aromatic heterocycles. The maximum Gasteiger partial charge on any atom is 0.319 e. The van der Waals surface area contributed by atoms with E-state index in [-0.39, 0.29) is 57.3 Å². The topological polar surface area (TPSA) is 219 Å². The molecule has 18 nitrogen and oxygen atoms in total. The van der Waals surface area contributed by atoms with Crippen LogP contribution in [0.2, 0.25) is 0 Å². The van der Waals surface area contributed by atoms with Gasteiger partial charge in [-0.3, -0.25) is 19.8 Å². The van der Waals surface area contributed by atoms with Gasteiger partial charge in [0.15, 0.2) is 0 Å². The first-order valence-electron chi connectivity index (χ1n) is 24.5. The number of nitrogens with zero attached hydrogens (tertiary/aromatic N) is 7. The van der Waals surface area contributed by atoms with Gasteiger partial charge in [0.05, 0.1) is 39.9 Å². The number of carbonyl (C=O) groups is 2. The molecule has 4 aliphatic rings. The minimum atomic E-state index is -4.71. The number of aliphatic hydroxyl groups is 1. The Morgan fingerprint density at radius 3 is 2.45 bits per heavy atom. The molecule has 2 aliphatic carbocycles. The number of urea groups is 1. The predicted molar refractivity (Wildman–Crippen MR) is 267 cm³/mol. The van der Waals surface area contributed by atoms with Crippen LogP contribution in [0.3, 0.4) is 0 Å². The number of piperidine rings is 1. The number of hydrogen-bond donors (Lipinski definition) is 4. The molecule has 2 aromatic carbocycles. The van der Waals surface area contributed by atoms with Gasteiger partial charge in [0, 0.05) is 83.4 Å². The van der Waals surface area contributed by atoms with Gasteiger partial charge in [-0.2, -0.15) is 0 Å².